The van der Waals surface area contributed by atoms with Crippen LogP contribution in [0.5, 0.6) is 0 Å². The van der Waals surface area contributed by atoms with Crippen LogP contribution in [-0.4, -0.2) is 32.7 Å². The number of hydrogen-bond donors (Lipinski definition) is 0. The summed E-state index contributed by atoms with van der Waals surface area (Å²) in [6.45, 7) is 3.73. The summed E-state index contributed by atoms with van der Waals surface area (Å²) in [6, 6.07) is 21.5. The van der Waals surface area contributed by atoms with E-state index in [2.05, 4.69) is 6.07 Å². The van der Waals surface area contributed by atoms with Crippen molar-refractivity contribution in [2.45, 2.75) is 31.6 Å². The maximum absolute atomic E-state index is 13.2. The number of para-hydroxylation sites is 1. The second-order valence-corrected chi connectivity index (χ2v) is 9.35. The SMILES string of the molecule is CCN(Cc1ccccc1)C(=O)CSc1nc2ccccc2c(=O)n1CCc1cccs1. The Morgan fingerprint density at radius 1 is 1.06 bits per heavy atom. The standard InChI is InChI=1S/C25H25N3O2S2/c1-2-27(17-19-9-4-3-5-10-19)23(29)18-32-25-26-22-13-7-6-12-21(22)24(30)28(25)15-14-20-11-8-16-31-20/h3-13,16H,2,14-15,17-18H2,1H3. The minimum Gasteiger partial charge on any atom is -0.338 e. The molecule has 0 atom stereocenters. The molecule has 0 radical (unpaired) electrons. The van der Waals surface area contributed by atoms with Crippen molar-refractivity contribution >= 4 is 39.9 Å². The fourth-order valence-corrected chi connectivity index (χ4v) is 5.16. The summed E-state index contributed by atoms with van der Waals surface area (Å²) in [5.74, 6) is 0.276. The van der Waals surface area contributed by atoms with E-state index in [0.717, 1.165) is 12.0 Å². The van der Waals surface area contributed by atoms with Crippen molar-refractivity contribution < 1.29 is 4.79 Å². The van der Waals surface area contributed by atoms with Gasteiger partial charge in [0.15, 0.2) is 5.16 Å². The van der Waals surface area contributed by atoms with Crippen molar-refractivity contribution in [2.75, 3.05) is 12.3 Å². The molecule has 0 saturated heterocycles. The fourth-order valence-electron chi connectivity index (χ4n) is 3.53. The van der Waals surface area contributed by atoms with Gasteiger partial charge in [0.2, 0.25) is 5.91 Å². The molecule has 0 N–H and O–H groups in total. The molecule has 0 spiro atoms. The van der Waals surface area contributed by atoms with Gasteiger partial charge in [-0.25, -0.2) is 4.98 Å². The summed E-state index contributed by atoms with van der Waals surface area (Å²) >= 11 is 3.02. The topological polar surface area (TPSA) is 55.2 Å². The van der Waals surface area contributed by atoms with Crippen molar-refractivity contribution in [2.24, 2.45) is 0 Å². The molecule has 2 aromatic carbocycles. The Bertz CT molecular complexity index is 1240. The first-order valence-corrected chi connectivity index (χ1v) is 12.5. The molecule has 7 heteroatoms. The number of hydrogen-bond acceptors (Lipinski definition) is 5. The molecule has 4 aromatic rings. The van der Waals surface area contributed by atoms with Gasteiger partial charge in [-0.05, 0) is 42.5 Å². The van der Waals surface area contributed by atoms with E-state index in [1.165, 1.54) is 16.6 Å². The number of thioether (sulfide) groups is 1. The highest BCUT2D eigenvalue weighted by atomic mass is 32.2. The number of rotatable bonds is 9. The van der Waals surface area contributed by atoms with E-state index in [0.29, 0.717) is 35.7 Å². The van der Waals surface area contributed by atoms with E-state index in [9.17, 15) is 9.59 Å². The number of nitrogens with zero attached hydrogens (tertiary/aromatic N) is 3. The minimum absolute atomic E-state index is 0.0357. The molecular weight excluding hydrogens is 438 g/mol. The van der Waals surface area contributed by atoms with Crippen LogP contribution in [0.3, 0.4) is 0 Å². The molecule has 2 heterocycles. The number of thiophene rings is 1. The van der Waals surface area contributed by atoms with Crippen molar-refractivity contribution in [1.82, 2.24) is 14.5 Å². The maximum atomic E-state index is 13.2. The zero-order chi connectivity index (χ0) is 22.3. The third-order valence-electron chi connectivity index (χ3n) is 5.26. The Kier molecular flexibility index (Phi) is 7.39. The van der Waals surface area contributed by atoms with Crippen LogP contribution in [-0.2, 0) is 24.3 Å². The molecule has 0 bridgehead atoms. The third-order valence-corrected chi connectivity index (χ3v) is 7.16. The number of aryl methyl sites for hydroxylation is 1. The monoisotopic (exact) mass is 463 g/mol. The number of benzene rings is 2. The van der Waals surface area contributed by atoms with Crippen LogP contribution < -0.4 is 5.56 Å². The number of amides is 1. The molecule has 0 fully saturated rings. The first-order valence-electron chi connectivity index (χ1n) is 10.6. The Labute approximate surface area is 195 Å². The average Bonchev–Trinajstić information content (AvgIpc) is 3.35. The summed E-state index contributed by atoms with van der Waals surface area (Å²) in [7, 11) is 0. The highest BCUT2D eigenvalue weighted by Crippen LogP contribution is 2.20. The number of carbonyl (C=O) groups is 1. The average molecular weight is 464 g/mol. The van der Waals surface area contributed by atoms with Gasteiger partial charge in [-0.3, -0.25) is 14.2 Å². The molecule has 0 aliphatic carbocycles. The zero-order valence-electron chi connectivity index (χ0n) is 17.9. The quantitative estimate of drug-likeness (QED) is 0.263. The van der Waals surface area contributed by atoms with Gasteiger partial charge in [0.05, 0.1) is 16.7 Å². The molecular formula is C25H25N3O2S2. The molecule has 0 aliphatic rings. The van der Waals surface area contributed by atoms with Gasteiger partial charge in [0.25, 0.3) is 5.56 Å². The molecule has 2 aromatic heterocycles. The van der Waals surface area contributed by atoms with Gasteiger partial charge in [0, 0.05) is 24.5 Å². The first kappa shape index (κ1) is 22.3. The van der Waals surface area contributed by atoms with Crippen molar-refractivity contribution in [3.63, 3.8) is 0 Å². The van der Waals surface area contributed by atoms with Crippen LogP contribution in [0.1, 0.15) is 17.4 Å². The molecule has 1 amide bonds. The van der Waals surface area contributed by atoms with E-state index >= 15 is 0 Å². The molecule has 164 valence electrons. The maximum Gasteiger partial charge on any atom is 0.262 e. The van der Waals surface area contributed by atoms with Gasteiger partial charge in [-0.2, -0.15) is 0 Å². The van der Waals surface area contributed by atoms with Gasteiger partial charge in [-0.15, -0.1) is 11.3 Å². The van der Waals surface area contributed by atoms with Crippen LogP contribution in [0, 0.1) is 0 Å². The smallest absolute Gasteiger partial charge is 0.262 e. The lowest BCUT2D eigenvalue weighted by atomic mass is 10.2. The van der Waals surface area contributed by atoms with Crippen LogP contribution in [0.15, 0.2) is 82.1 Å². The highest BCUT2D eigenvalue weighted by Gasteiger charge is 2.17. The van der Waals surface area contributed by atoms with Crippen molar-refractivity contribution in [3.8, 4) is 0 Å². The van der Waals surface area contributed by atoms with E-state index in [-0.39, 0.29) is 17.2 Å². The molecule has 0 saturated carbocycles. The Balaban J connectivity index is 1.54. The molecule has 0 unspecified atom stereocenters. The lowest BCUT2D eigenvalue weighted by molar-refractivity contribution is -0.128. The van der Waals surface area contributed by atoms with Gasteiger partial charge >= 0.3 is 0 Å². The van der Waals surface area contributed by atoms with Gasteiger partial charge < -0.3 is 4.90 Å². The Morgan fingerprint density at radius 2 is 1.84 bits per heavy atom. The molecule has 0 aliphatic heterocycles. The molecule has 5 nitrogen and oxygen atoms in total. The fraction of sp³-hybridized carbons (Fsp3) is 0.240. The largest absolute Gasteiger partial charge is 0.338 e. The van der Waals surface area contributed by atoms with Crippen molar-refractivity contribution in [1.29, 1.82) is 0 Å². The van der Waals surface area contributed by atoms with Gasteiger partial charge in [-0.1, -0.05) is 60.3 Å². The Hall–Kier alpha value is -2.90. The normalized spacial score (nSPS) is 11.0. The summed E-state index contributed by atoms with van der Waals surface area (Å²) in [5.41, 5.74) is 1.71. The highest BCUT2D eigenvalue weighted by molar-refractivity contribution is 7.99. The summed E-state index contributed by atoms with van der Waals surface area (Å²) in [6.07, 6.45) is 0.758. The lowest BCUT2D eigenvalue weighted by Crippen LogP contribution is -2.32. The van der Waals surface area contributed by atoms with E-state index in [1.807, 2.05) is 77.9 Å². The van der Waals surface area contributed by atoms with Crippen LogP contribution >= 0.6 is 23.1 Å². The number of fused-ring (bicyclic) bond motifs is 1. The summed E-state index contributed by atoms with van der Waals surface area (Å²) < 4.78 is 1.72. The Morgan fingerprint density at radius 3 is 2.59 bits per heavy atom. The summed E-state index contributed by atoms with van der Waals surface area (Å²) in [5, 5.41) is 3.24. The zero-order valence-corrected chi connectivity index (χ0v) is 19.6. The lowest BCUT2D eigenvalue weighted by Gasteiger charge is -2.21. The van der Waals surface area contributed by atoms with E-state index < -0.39 is 0 Å². The van der Waals surface area contributed by atoms with E-state index in [1.54, 1.807) is 15.9 Å². The second kappa shape index (κ2) is 10.6. The number of carbonyl (C=O) groups excluding carboxylic acids is 1. The third kappa shape index (κ3) is 5.29. The van der Waals surface area contributed by atoms with Crippen molar-refractivity contribution in [3.05, 3.63) is 92.9 Å². The summed E-state index contributed by atoms with van der Waals surface area (Å²) in [4.78, 5) is 33.9. The predicted molar refractivity (Wildman–Crippen MR) is 132 cm³/mol. The van der Waals surface area contributed by atoms with Crippen LogP contribution in [0.4, 0.5) is 0 Å². The number of aromatic nitrogens is 2. The second-order valence-electron chi connectivity index (χ2n) is 7.38. The van der Waals surface area contributed by atoms with Crippen LogP contribution in [0.2, 0.25) is 0 Å². The minimum atomic E-state index is -0.0567. The van der Waals surface area contributed by atoms with E-state index in [4.69, 9.17) is 4.98 Å². The first-order chi connectivity index (χ1) is 15.7. The predicted octanol–water partition coefficient (Wildman–Crippen LogP) is 4.84. The molecule has 32 heavy (non-hydrogen) atoms. The van der Waals surface area contributed by atoms with Crippen LogP contribution in [0.25, 0.3) is 10.9 Å². The van der Waals surface area contributed by atoms with Gasteiger partial charge in [0.1, 0.15) is 0 Å². The molecule has 4 rings (SSSR count).